The summed E-state index contributed by atoms with van der Waals surface area (Å²) in [4.78, 5) is 38.2. The van der Waals surface area contributed by atoms with E-state index in [-0.39, 0.29) is 18.2 Å². The van der Waals surface area contributed by atoms with Gasteiger partial charge >= 0.3 is 5.97 Å². The summed E-state index contributed by atoms with van der Waals surface area (Å²) in [5, 5.41) is 2.67. The molecule has 0 aliphatic carbocycles. The number of carbonyl (C=O) groups excluding carboxylic acids is 3. The van der Waals surface area contributed by atoms with E-state index in [1.54, 1.807) is 33.0 Å². The third-order valence-corrected chi connectivity index (χ3v) is 4.84. The number of methoxy groups -OCH3 is 3. The summed E-state index contributed by atoms with van der Waals surface area (Å²) >= 11 is 0. The van der Waals surface area contributed by atoms with Crippen LogP contribution in [-0.4, -0.2) is 62.6 Å². The molecular formula is C20H28N2O6. The number of nitrogens with zero attached hydrogens (tertiary/aromatic N) is 1. The SMILES string of the molecule is COC(=O)C(C)(C)NC(=O)[C@H]1CC(=O)N(CCc2ccc(OC)c(OC)c2)C1. The third kappa shape index (κ3) is 4.94. The minimum absolute atomic E-state index is 0.0727. The highest BCUT2D eigenvalue weighted by Crippen LogP contribution is 2.28. The van der Waals surface area contributed by atoms with Gasteiger partial charge in [-0.25, -0.2) is 4.79 Å². The van der Waals surface area contributed by atoms with Crippen LogP contribution < -0.4 is 14.8 Å². The Morgan fingerprint density at radius 3 is 2.46 bits per heavy atom. The standard InChI is InChI=1S/C20H28N2O6/c1-20(2,19(25)28-5)21-18(24)14-11-17(23)22(12-14)9-8-13-6-7-15(26-3)16(10-13)27-4/h6-7,10,14H,8-9,11-12H2,1-5H3,(H,21,24)/t14-/m0/s1. The predicted octanol–water partition coefficient (Wildman–Crippen LogP) is 1.16. The molecule has 1 aromatic carbocycles. The number of esters is 1. The molecule has 2 rings (SSSR count). The molecule has 1 aliphatic heterocycles. The Bertz CT molecular complexity index is 746. The summed E-state index contributed by atoms with van der Waals surface area (Å²) < 4.78 is 15.2. The number of carbonyl (C=O) groups is 3. The summed E-state index contributed by atoms with van der Waals surface area (Å²) in [5.74, 6) is -0.130. The van der Waals surface area contributed by atoms with Gasteiger partial charge in [0, 0.05) is 19.5 Å². The summed E-state index contributed by atoms with van der Waals surface area (Å²) in [6.45, 7) is 3.97. The molecule has 8 heteroatoms. The van der Waals surface area contributed by atoms with Crippen LogP contribution in [0.15, 0.2) is 18.2 Å². The topological polar surface area (TPSA) is 94.2 Å². The molecule has 154 valence electrons. The molecule has 0 unspecified atom stereocenters. The van der Waals surface area contributed by atoms with E-state index in [1.807, 2.05) is 18.2 Å². The first-order chi connectivity index (χ1) is 13.2. The Kier molecular flexibility index (Phi) is 6.88. The summed E-state index contributed by atoms with van der Waals surface area (Å²) in [6, 6.07) is 5.62. The fraction of sp³-hybridized carbons (Fsp3) is 0.550. The van der Waals surface area contributed by atoms with Crippen LogP contribution in [0.1, 0.15) is 25.8 Å². The molecule has 1 aliphatic rings. The molecule has 8 nitrogen and oxygen atoms in total. The normalized spacial score (nSPS) is 16.7. The fourth-order valence-corrected chi connectivity index (χ4v) is 3.18. The van der Waals surface area contributed by atoms with Gasteiger partial charge in [0.15, 0.2) is 11.5 Å². The Balaban J connectivity index is 1.94. The minimum Gasteiger partial charge on any atom is -0.493 e. The number of nitrogens with one attached hydrogen (secondary N) is 1. The second-order valence-electron chi connectivity index (χ2n) is 7.29. The summed E-state index contributed by atoms with van der Waals surface area (Å²) in [5.41, 5.74) is -0.132. The average molecular weight is 392 g/mol. The van der Waals surface area contributed by atoms with Gasteiger partial charge in [-0.1, -0.05) is 6.07 Å². The van der Waals surface area contributed by atoms with Gasteiger partial charge in [-0.05, 0) is 38.0 Å². The maximum atomic E-state index is 12.5. The quantitative estimate of drug-likeness (QED) is 0.668. The lowest BCUT2D eigenvalue weighted by atomic mass is 10.0. The number of amides is 2. The van der Waals surface area contributed by atoms with Crippen molar-refractivity contribution >= 4 is 17.8 Å². The number of hydrogen-bond acceptors (Lipinski definition) is 6. The lowest BCUT2D eigenvalue weighted by Gasteiger charge is -2.25. The van der Waals surface area contributed by atoms with Crippen LogP contribution in [0.2, 0.25) is 0 Å². The number of benzene rings is 1. The van der Waals surface area contributed by atoms with E-state index >= 15 is 0 Å². The zero-order chi connectivity index (χ0) is 20.9. The molecule has 0 saturated carbocycles. The van der Waals surface area contributed by atoms with E-state index in [0.29, 0.717) is 31.0 Å². The smallest absolute Gasteiger partial charge is 0.330 e. The number of hydrogen-bond donors (Lipinski definition) is 1. The first-order valence-corrected chi connectivity index (χ1v) is 9.11. The van der Waals surface area contributed by atoms with Crippen LogP contribution >= 0.6 is 0 Å². The molecule has 0 spiro atoms. The van der Waals surface area contributed by atoms with Crippen molar-refractivity contribution in [3.8, 4) is 11.5 Å². The van der Waals surface area contributed by atoms with E-state index in [4.69, 9.17) is 14.2 Å². The molecule has 1 heterocycles. The van der Waals surface area contributed by atoms with Crippen molar-refractivity contribution in [3.05, 3.63) is 23.8 Å². The number of ether oxygens (including phenoxy) is 3. The Hall–Kier alpha value is -2.77. The fourth-order valence-electron chi connectivity index (χ4n) is 3.18. The Labute approximate surface area is 165 Å². The molecule has 1 aromatic rings. The molecular weight excluding hydrogens is 364 g/mol. The second kappa shape index (κ2) is 8.95. The van der Waals surface area contributed by atoms with Crippen LogP contribution in [0.3, 0.4) is 0 Å². The molecule has 2 amide bonds. The van der Waals surface area contributed by atoms with Crippen LogP contribution in [0.4, 0.5) is 0 Å². The van der Waals surface area contributed by atoms with E-state index in [1.165, 1.54) is 7.11 Å². The molecule has 1 saturated heterocycles. The van der Waals surface area contributed by atoms with E-state index in [2.05, 4.69) is 5.32 Å². The predicted molar refractivity (Wildman–Crippen MR) is 102 cm³/mol. The lowest BCUT2D eigenvalue weighted by molar-refractivity contribution is -0.149. The van der Waals surface area contributed by atoms with Crippen LogP contribution in [0.5, 0.6) is 11.5 Å². The highest BCUT2D eigenvalue weighted by Gasteiger charge is 2.38. The molecule has 1 fully saturated rings. The monoisotopic (exact) mass is 392 g/mol. The van der Waals surface area contributed by atoms with Gasteiger partial charge in [-0.15, -0.1) is 0 Å². The largest absolute Gasteiger partial charge is 0.493 e. The lowest BCUT2D eigenvalue weighted by Crippen LogP contribution is -2.52. The van der Waals surface area contributed by atoms with Crippen LogP contribution in [-0.2, 0) is 25.5 Å². The van der Waals surface area contributed by atoms with Gasteiger partial charge in [-0.2, -0.15) is 0 Å². The molecule has 1 atom stereocenters. The highest BCUT2D eigenvalue weighted by atomic mass is 16.5. The van der Waals surface area contributed by atoms with E-state index < -0.39 is 17.4 Å². The molecule has 0 radical (unpaired) electrons. The van der Waals surface area contributed by atoms with Crippen molar-refractivity contribution in [2.24, 2.45) is 5.92 Å². The number of likely N-dealkylation sites (tertiary alicyclic amines) is 1. The van der Waals surface area contributed by atoms with Gasteiger partial charge in [0.2, 0.25) is 11.8 Å². The van der Waals surface area contributed by atoms with Crippen molar-refractivity contribution in [2.75, 3.05) is 34.4 Å². The maximum Gasteiger partial charge on any atom is 0.330 e. The third-order valence-electron chi connectivity index (χ3n) is 4.84. The summed E-state index contributed by atoms with van der Waals surface area (Å²) in [7, 11) is 4.42. The van der Waals surface area contributed by atoms with Crippen molar-refractivity contribution < 1.29 is 28.6 Å². The molecule has 0 bridgehead atoms. The zero-order valence-corrected chi connectivity index (χ0v) is 17.0. The Morgan fingerprint density at radius 1 is 1.18 bits per heavy atom. The molecule has 0 aromatic heterocycles. The van der Waals surface area contributed by atoms with Crippen molar-refractivity contribution in [1.29, 1.82) is 0 Å². The van der Waals surface area contributed by atoms with Crippen molar-refractivity contribution in [1.82, 2.24) is 10.2 Å². The minimum atomic E-state index is -1.14. The van der Waals surface area contributed by atoms with Gasteiger partial charge in [0.25, 0.3) is 0 Å². The van der Waals surface area contributed by atoms with Gasteiger partial charge in [0.1, 0.15) is 5.54 Å². The van der Waals surface area contributed by atoms with E-state index in [0.717, 1.165) is 5.56 Å². The zero-order valence-electron chi connectivity index (χ0n) is 17.0. The molecule has 28 heavy (non-hydrogen) atoms. The van der Waals surface area contributed by atoms with Gasteiger partial charge in [0.05, 0.1) is 27.2 Å². The van der Waals surface area contributed by atoms with E-state index in [9.17, 15) is 14.4 Å². The van der Waals surface area contributed by atoms with Gasteiger partial charge in [-0.3, -0.25) is 9.59 Å². The van der Waals surface area contributed by atoms with Crippen molar-refractivity contribution in [2.45, 2.75) is 32.2 Å². The average Bonchev–Trinajstić information content (AvgIpc) is 3.05. The first-order valence-electron chi connectivity index (χ1n) is 9.11. The Morgan fingerprint density at radius 2 is 1.86 bits per heavy atom. The van der Waals surface area contributed by atoms with Crippen LogP contribution in [0.25, 0.3) is 0 Å². The number of rotatable bonds is 8. The second-order valence-corrected chi connectivity index (χ2v) is 7.29. The summed E-state index contributed by atoms with van der Waals surface area (Å²) in [6.07, 6.45) is 0.767. The maximum absolute atomic E-state index is 12.5. The highest BCUT2D eigenvalue weighted by molar-refractivity contribution is 5.92. The van der Waals surface area contributed by atoms with Crippen molar-refractivity contribution in [3.63, 3.8) is 0 Å². The molecule has 1 N–H and O–H groups in total. The van der Waals surface area contributed by atoms with Gasteiger partial charge < -0.3 is 24.4 Å². The first kappa shape index (κ1) is 21.5. The van der Waals surface area contributed by atoms with Crippen LogP contribution in [0, 0.1) is 5.92 Å².